The van der Waals surface area contributed by atoms with Crippen molar-refractivity contribution in [2.75, 3.05) is 24.7 Å². The first kappa shape index (κ1) is 22.6. The minimum atomic E-state index is 0.810. The van der Waals surface area contributed by atoms with E-state index in [9.17, 15) is 0 Å². The normalized spacial score (nSPS) is 11.5. The quantitative estimate of drug-likeness (QED) is 0.210. The summed E-state index contributed by atoms with van der Waals surface area (Å²) in [6.45, 7) is 0. The Morgan fingerprint density at radius 3 is 0.941 bits per heavy atom. The van der Waals surface area contributed by atoms with Crippen molar-refractivity contribution in [1.82, 2.24) is 0 Å². The second-order valence-corrected chi connectivity index (χ2v) is 7.51. The fourth-order valence-electron chi connectivity index (χ4n) is 3.12. The number of nitrogens with zero attached hydrogens (tertiary/aromatic N) is 4. The van der Waals surface area contributed by atoms with Crippen LogP contribution >= 0.6 is 0 Å². The number of nitrogens with one attached hydrogen (secondary N) is 2. The highest BCUT2D eigenvalue weighted by molar-refractivity contribution is 5.70. The van der Waals surface area contributed by atoms with Gasteiger partial charge in [0.05, 0.1) is 22.7 Å². The molecule has 0 fully saturated rings. The van der Waals surface area contributed by atoms with Crippen LogP contribution in [0.4, 0.5) is 34.1 Å². The highest BCUT2D eigenvalue weighted by Crippen LogP contribution is 2.23. The molecule has 168 valence electrons. The van der Waals surface area contributed by atoms with Gasteiger partial charge in [-0.25, -0.2) is 0 Å². The molecule has 4 aromatic rings. The van der Waals surface area contributed by atoms with Gasteiger partial charge in [-0.05, 0) is 83.9 Å². The topological polar surface area (TPSA) is 73.5 Å². The maximum absolute atomic E-state index is 4.31. The number of rotatable bonds is 8. The number of azo groups is 2. The summed E-state index contributed by atoms with van der Waals surface area (Å²) < 4.78 is 0. The summed E-state index contributed by atoms with van der Waals surface area (Å²) in [5.41, 5.74) is 7.53. The molecule has 4 aromatic carbocycles. The molecule has 0 aliphatic rings. The van der Waals surface area contributed by atoms with E-state index in [2.05, 4.69) is 43.2 Å². The van der Waals surface area contributed by atoms with E-state index in [1.54, 1.807) is 0 Å². The maximum atomic E-state index is 4.31. The molecule has 0 unspecified atom stereocenters. The summed E-state index contributed by atoms with van der Waals surface area (Å²) in [6, 6.07) is 31.5. The van der Waals surface area contributed by atoms with E-state index in [0.717, 1.165) is 45.3 Å². The van der Waals surface area contributed by atoms with Gasteiger partial charge < -0.3 is 10.6 Å². The number of benzene rings is 4. The summed E-state index contributed by atoms with van der Waals surface area (Å²) in [7, 11) is 3.78. The Morgan fingerprint density at radius 1 is 0.412 bits per heavy atom. The first-order valence-electron chi connectivity index (χ1n) is 11.0. The maximum Gasteiger partial charge on any atom is 0.0858 e. The van der Waals surface area contributed by atoms with Gasteiger partial charge in [-0.2, -0.15) is 20.5 Å². The van der Waals surface area contributed by atoms with E-state index < -0.39 is 0 Å². The third-order valence-electron chi connectivity index (χ3n) is 5.13. The summed E-state index contributed by atoms with van der Waals surface area (Å²) >= 11 is 0. The van der Waals surface area contributed by atoms with Crippen molar-refractivity contribution in [3.63, 3.8) is 0 Å². The van der Waals surface area contributed by atoms with Gasteiger partial charge in [-0.1, -0.05) is 36.4 Å². The predicted molar refractivity (Wildman–Crippen MR) is 142 cm³/mol. The third-order valence-corrected chi connectivity index (χ3v) is 5.13. The molecule has 0 bridgehead atoms. The van der Waals surface area contributed by atoms with Crippen molar-refractivity contribution >= 4 is 46.3 Å². The first-order chi connectivity index (χ1) is 16.7. The van der Waals surface area contributed by atoms with Crippen LogP contribution < -0.4 is 10.6 Å². The van der Waals surface area contributed by atoms with E-state index in [1.165, 1.54) is 0 Å². The van der Waals surface area contributed by atoms with Crippen LogP contribution in [0.3, 0.4) is 0 Å². The van der Waals surface area contributed by atoms with E-state index >= 15 is 0 Å². The summed E-state index contributed by atoms with van der Waals surface area (Å²) in [5, 5.41) is 23.4. The number of anilines is 2. The van der Waals surface area contributed by atoms with Crippen LogP contribution in [-0.4, -0.2) is 14.1 Å². The average molecular weight is 447 g/mol. The summed E-state index contributed by atoms with van der Waals surface area (Å²) in [5.74, 6) is 0. The van der Waals surface area contributed by atoms with E-state index in [0.29, 0.717) is 0 Å². The van der Waals surface area contributed by atoms with Crippen molar-refractivity contribution in [2.45, 2.75) is 0 Å². The largest absolute Gasteiger partial charge is 0.388 e. The second kappa shape index (κ2) is 11.3. The van der Waals surface area contributed by atoms with Gasteiger partial charge in [-0.3, -0.25) is 0 Å². The molecule has 4 rings (SSSR count). The van der Waals surface area contributed by atoms with Gasteiger partial charge in [0.1, 0.15) is 0 Å². The Morgan fingerprint density at radius 2 is 0.676 bits per heavy atom. The molecule has 0 saturated carbocycles. The highest BCUT2D eigenvalue weighted by Gasteiger charge is 1.95. The molecule has 34 heavy (non-hydrogen) atoms. The molecule has 0 aromatic heterocycles. The standard InChI is InChI=1S/C28H26N6/c1-29-23-13-17-27(18-14-23)33-31-25-9-5-21(6-10-25)3-4-22-7-11-26(12-8-22)32-34-28-19-15-24(30-2)16-20-28/h3-20,29-30H,1-2H3/b4-3+,33-31+,34-32+. The lowest BCUT2D eigenvalue weighted by molar-refractivity contribution is 1.23. The van der Waals surface area contributed by atoms with Gasteiger partial charge in [0.25, 0.3) is 0 Å². The van der Waals surface area contributed by atoms with Gasteiger partial charge >= 0.3 is 0 Å². The van der Waals surface area contributed by atoms with Crippen LogP contribution in [0, 0.1) is 0 Å². The zero-order valence-corrected chi connectivity index (χ0v) is 19.2. The minimum Gasteiger partial charge on any atom is -0.388 e. The molecule has 0 atom stereocenters. The van der Waals surface area contributed by atoms with Crippen molar-refractivity contribution < 1.29 is 0 Å². The molecule has 0 saturated heterocycles. The molecule has 0 radical (unpaired) electrons. The molecule has 0 aliphatic carbocycles. The Labute approximate surface area is 199 Å². The molecular weight excluding hydrogens is 420 g/mol. The van der Waals surface area contributed by atoms with Crippen LogP contribution in [0.25, 0.3) is 12.2 Å². The fourth-order valence-corrected chi connectivity index (χ4v) is 3.12. The molecule has 0 amide bonds. The first-order valence-corrected chi connectivity index (χ1v) is 11.0. The lowest BCUT2D eigenvalue weighted by Crippen LogP contribution is -1.85. The second-order valence-electron chi connectivity index (χ2n) is 7.51. The highest BCUT2D eigenvalue weighted by atomic mass is 15.1. The molecule has 0 spiro atoms. The lowest BCUT2D eigenvalue weighted by Gasteiger charge is -1.99. The molecule has 6 heteroatoms. The van der Waals surface area contributed by atoms with Crippen LogP contribution in [0.15, 0.2) is 118 Å². The monoisotopic (exact) mass is 446 g/mol. The van der Waals surface area contributed by atoms with Crippen LogP contribution in [0.2, 0.25) is 0 Å². The Hall–Kier alpha value is -4.58. The molecule has 6 nitrogen and oxygen atoms in total. The van der Waals surface area contributed by atoms with Gasteiger partial charge in [0.15, 0.2) is 0 Å². The molecule has 2 N–H and O–H groups in total. The van der Waals surface area contributed by atoms with Crippen molar-refractivity contribution in [1.29, 1.82) is 0 Å². The van der Waals surface area contributed by atoms with Gasteiger partial charge in [0.2, 0.25) is 0 Å². The molecule has 0 aliphatic heterocycles. The van der Waals surface area contributed by atoms with Crippen LogP contribution in [0.1, 0.15) is 11.1 Å². The van der Waals surface area contributed by atoms with Crippen LogP contribution in [0.5, 0.6) is 0 Å². The Kier molecular flexibility index (Phi) is 7.54. The smallest absolute Gasteiger partial charge is 0.0858 e. The SMILES string of the molecule is CNc1ccc(/N=N/c2ccc(/C=C/c3ccc(/N=N/c4ccc(NC)cc4)cc3)cc2)cc1. The summed E-state index contributed by atoms with van der Waals surface area (Å²) in [4.78, 5) is 0. The third kappa shape index (κ3) is 6.46. The zero-order valence-electron chi connectivity index (χ0n) is 19.2. The molecular formula is C28H26N6. The lowest BCUT2D eigenvalue weighted by atomic mass is 10.1. The van der Waals surface area contributed by atoms with Crippen molar-refractivity contribution in [3.8, 4) is 0 Å². The van der Waals surface area contributed by atoms with E-state index in [4.69, 9.17) is 0 Å². The Balaban J connectivity index is 1.33. The predicted octanol–water partition coefficient (Wildman–Crippen LogP) is 8.77. The minimum absolute atomic E-state index is 0.810. The Bertz CT molecular complexity index is 1170. The molecule has 0 heterocycles. The van der Waals surface area contributed by atoms with Gasteiger partial charge in [-0.15, -0.1) is 0 Å². The zero-order chi connectivity index (χ0) is 23.6. The van der Waals surface area contributed by atoms with E-state index in [-0.39, 0.29) is 0 Å². The van der Waals surface area contributed by atoms with Crippen LogP contribution in [-0.2, 0) is 0 Å². The fraction of sp³-hybridized carbons (Fsp3) is 0.0714. The van der Waals surface area contributed by atoms with Gasteiger partial charge in [0, 0.05) is 25.5 Å². The summed E-state index contributed by atoms with van der Waals surface area (Å²) in [6.07, 6.45) is 4.13. The van der Waals surface area contributed by atoms with Crippen molar-refractivity contribution in [2.24, 2.45) is 20.5 Å². The van der Waals surface area contributed by atoms with E-state index in [1.807, 2.05) is 111 Å². The van der Waals surface area contributed by atoms with Crippen molar-refractivity contribution in [3.05, 3.63) is 108 Å². The average Bonchev–Trinajstić information content (AvgIpc) is 2.91. The number of hydrogen-bond donors (Lipinski definition) is 2. The number of hydrogen-bond acceptors (Lipinski definition) is 6.